The first kappa shape index (κ1) is 27.9. The van der Waals surface area contributed by atoms with Crippen LogP contribution >= 0.6 is 0 Å². The van der Waals surface area contributed by atoms with E-state index in [1.54, 1.807) is 11.1 Å². The van der Waals surface area contributed by atoms with Crippen molar-refractivity contribution >= 4 is 5.97 Å². The SMILES string of the molecule is C/C(=C/CCC(C)C)[C@H]1CCC2C3CC=C4C[C@@H](OCCCNCC(=O)O)CC[C@]4(C)C3CC[C@@]21C. The first-order valence-corrected chi connectivity index (χ1v) is 15.1. The summed E-state index contributed by atoms with van der Waals surface area (Å²) in [7, 11) is 0. The van der Waals surface area contributed by atoms with E-state index in [0.29, 0.717) is 23.5 Å². The first-order chi connectivity index (χ1) is 17.1. The standard InChI is InChI=1S/C32H53NO3/c1-22(2)8-6-9-23(3)27-12-13-28-26-11-10-24-20-25(36-19-7-18-33-21-30(34)35)14-16-31(24,4)29(26)15-17-32(27,28)5/h9-10,22,25-29,33H,6-8,11-21H2,1-5H3,(H,34,35)/b23-9-/t25-,26?,27+,28?,29?,31-,32+/m0/s1. The second-order valence-electron chi connectivity index (χ2n) is 13.5. The van der Waals surface area contributed by atoms with Gasteiger partial charge in [-0.05, 0) is 125 Å². The molecule has 0 radical (unpaired) electrons. The number of allylic oxidation sites excluding steroid dienone is 3. The van der Waals surface area contributed by atoms with Crippen LogP contribution < -0.4 is 5.32 Å². The van der Waals surface area contributed by atoms with Crippen LogP contribution in [0.25, 0.3) is 0 Å². The number of nitrogens with one attached hydrogen (secondary N) is 1. The summed E-state index contributed by atoms with van der Waals surface area (Å²) in [5, 5.41) is 11.7. The van der Waals surface area contributed by atoms with Crippen LogP contribution in [0.2, 0.25) is 0 Å². The Kier molecular flexibility index (Phi) is 9.08. The minimum Gasteiger partial charge on any atom is -0.480 e. The molecule has 4 rings (SSSR count). The Bertz CT molecular complexity index is 831. The lowest BCUT2D eigenvalue weighted by atomic mass is 9.47. The van der Waals surface area contributed by atoms with Crippen molar-refractivity contribution in [2.45, 2.75) is 111 Å². The molecule has 0 bridgehead atoms. The van der Waals surface area contributed by atoms with Gasteiger partial charge in [0.15, 0.2) is 0 Å². The van der Waals surface area contributed by atoms with E-state index >= 15 is 0 Å². The molecule has 2 N–H and O–H groups in total. The molecule has 3 unspecified atom stereocenters. The van der Waals surface area contributed by atoms with Gasteiger partial charge in [-0.25, -0.2) is 0 Å². The van der Waals surface area contributed by atoms with Gasteiger partial charge in [-0.3, -0.25) is 4.79 Å². The molecule has 0 spiro atoms. The normalized spacial score (nSPS) is 38.3. The van der Waals surface area contributed by atoms with Crippen LogP contribution in [0.1, 0.15) is 105 Å². The van der Waals surface area contributed by atoms with Gasteiger partial charge in [-0.1, -0.05) is 51.0 Å². The smallest absolute Gasteiger partial charge is 0.317 e. The summed E-state index contributed by atoms with van der Waals surface area (Å²) in [5.41, 5.74) is 4.24. The maximum absolute atomic E-state index is 10.6. The van der Waals surface area contributed by atoms with Crippen molar-refractivity contribution in [1.29, 1.82) is 0 Å². The number of fused-ring (bicyclic) bond motifs is 5. The van der Waals surface area contributed by atoms with Crippen LogP contribution in [-0.2, 0) is 9.53 Å². The summed E-state index contributed by atoms with van der Waals surface area (Å²) in [6.45, 7) is 13.8. The van der Waals surface area contributed by atoms with Crippen molar-refractivity contribution in [2.24, 2.45) is 40.4 Å². The molecule has 0 saturated heterocycles. The molecule has 0 aromatic heterocycles. The van der Waals surface area contributed by atoms with Gasteiger partial charge in [-0.15, -0.1) is 0 Å². The Morgan fingerprint density at radius 1 is 1.19 bits per heavy atom. The van der Waals surface area contributed by atoms with Crippen LogP contribution in [0.3, 0.4) is 0 Å². The summed E-state index contributed by atoms with van der Waals surface area (Å²) < 4.78 is 6.26. The van der Waals surface area contributed by atoms with Gasteiger partial charge < -0.3 is 15.2 Å². The molecule has 204 valence electrons. The number of rotatable bonds is 11. The number of carbonyl (C=O) groups is 1. The topological polar surface area (TPSA) is 58.6 Å². The number of aliphatic carboxylic acids is 1. The first-order valence-electron chi connectivity index (χ1n) is 15.1. The van der Waals surface area contributed by atoms with Crippen molar-refractivity contribution in [3.63, 3.8) is 0 Å². The van der Waals surface area contributed by atoms with Crippen molar-refractivity contribution in [3.8, 4) is 0 Å². The minimum absolute atomic E-state index is 0.0337. The number of carboxylic acids is 1. The fourth-order valence-electron chi connectivity index (χ4n) is 8.95. The third-order valence-electron chi connectivity index (χ3n) is 10.9. The molecule has 36 heavy (non-hydrogen) atoms. The Hall–Kier alpha value is -1.13. The van der Waals surface area contributed by atoms with Crippen LogP contribution in [0.15, 0.2) is 23.3 Å². The van der Waals surface area contributed by atoms with Crippen LogP contribution in [0.4, 0.5) is 0 Å². The number of hydrogen-bond acceptors (Lipinski definition) is 3. The molecule has 7 atom stereocenters. The second-order valence-corrected chi connectivity index (χ2v) is 13.5. The summed E-state index contributed by atoms with van der Waals surface area (Å²) >= 11 is 0. The highest BCUT2D eigenvalue weighted by atomic mass is 16.5. The Morgan fingerprint density at radius 2 is 2.00 bits per heavy atom. The molecule has 0 aromatic rings. The molecule has 0 amide bonds. The Balaban J connectivity index is 1.35. The molecule has 3 saturated carbocycles. The Labute approximate surface area is 220 Å². The molecule has 4 aliphatic carbocycles. The lowest BCUT2D eigenvalue weighted by Crippen LogP contribution is -2.50. The summed E-state index contributed by atoms with van der Waals surface area (Å²) in [5.74, 6) is 3.39. The summed E-state index contributed by atoms with van der Waals surface area (Å²) in [6.07, 6.45) is 19.5. The second kappa shape index (κ2) is 11.7. The van der Waals surface area contributed by atoms with Crippen LogP contribution in [-0.4, -0.2) is 36.9 Å². The molecule has 0 heterocycles. The molecule has 0 aliphatic heterocycles. The van der Waals surface area contributed by atoms with E-state index < -0.39 is 5.97 Å². The molecule has 0 aromatic carbocycles. The summed E-state index contributed by atoms with van der Waals surface area (Å²) in [6, 6.07) is 0. The third-order valence-corrected chi connectivity index (χ3v) is 10.9. The third kappa shape index (κ3) is 5.80. The van der Waals surface area contributed by atoms with Gasteiger partial charge >= 0.3 is 5.97 Å². The number of hydrogen-bond donors (Lipinski definition) is 2. The highest BCUT2D eigenvalue weighted by molar-refractivity contribution is 5.68. The maximum atomic E-state index is 10.6. The largest absolute Gasteiger partial charge is 0.480 e. The molecule has 3 fully saturated rings. The van der Waals surface area contributed by atoms with Gasteiger partial charge in [0.25, 0.3) is 0 Å². The molecule has 4 nitrogen and oxygen atoms in total. The average molecular weight is 500 g/mol. The Morgan fingerprint density at radius 3 is 2.75 bits per heavy atom. The number of ether oxygens (including phenoxy) is 1. The molecular weight excluding hydrogens is 446 g/mol. The zero-order chi connectivity index (χ0) is 25.9. The fraction of sp³-hybridized carbons (Fsp3) is 0.844. The van der Waals surface area contributed by atoms with Gasteiger partial charge in [0.05, 0.1) is 12.6 Å². The quantitative estimate of drug-likeness (QED) is 0.230. The minimum atomic E-state index is -0.797. The summed E-state index contributed by atoms with van der Waals surface area (Å²) in [4.78, 5) is 10.6. The maximum Gasteiger partial charge on any atom is 0.317 e. The lowest BCUT2D eigenvalue weighted by molar-refractivity contribution is -0.135. The zero-order valence-electron chi connectivity index (χ0n) is 23.8. The van der Waals surface area contributed by atoms with Gasteiger partial charge in [0.2, 0.25) is 0 Å². The van der Waals surface area contributed by atoms with Crippen LogP contribution in [0, 0.1) is 40.4 Å². The van der Waals surface area contributed by atoms with Crippen molar-refractivity contribution in [2.75, 3.05) is 19.7 Å². The van der Waals surface area contributed by atoms with E-state index in [1.165, 1.54) is 57.8 Å². The van der Waals surface area contributed by atoms with Crippen molar-refractivity contribution < 1.29 is 14.6 Å². The lowest BCUT2D eigenvalue weighted by Gasteiger charge is -2.58. The van der Waals surface area contributed by atoms with E-state index in [-0.39, 0.29) is 6.54 Å². The number of carboxylic acid groups (broad SMARTS) is 1. The average Bonchev–Trinajstić information content (AvgIpc) is 3.18. The molecular formula is C32H53NO3. The van der Waals surface area contributed by atoms with E-state index in [4.69, 9.17) is 9.84 Å². The van der Waals surface area contributed by atoms with Crippen molar-refractivity contribution in [1.82, 2.24) is 5.32 Å². The van der Waals surface area contributed by atoms with E-state index in [9.17, 15) is 4.79 Å². The predicted molar refractivity (Wildman–Crippen MR) is 148 cm³/mol. The van der Waals surface area contributed by atoms with Gasteiger partial charge in [-0.2, -0.15) is 0 Å². The monoisotopic (exact) mass is 499 g/mol. The van der Waals surface area contributed by atoms with E-state index in [0.717, 1.165) is 49.0 Å². The van der Waals surface area contributed by atoms with Crippen molar-refractivity contribution in [3.05, 3.63) is 23.3 Å². The highest BCUT2D eigenvalue weighted by Crippen LogP contribution is 2.67. The van der Waals surface area contributed by atoms with Gasteiger partial charge in [0.1, 0.15) is 0 Å². The molecule has 4 aliphatic rings. The van der Waals surface area contributed by atoms with E-state index in [1.807, 2.05) is 0 Å². The zero-order valence-corrected chi connectivity index (χ0v) is 23.8. The fourth-order valence-corrected chi connectivity index (χ4v) is 8.95. The predicted octanol–water partition coefficient (Wildman–Crippen LogP) is 7.40. The van der Waals surface area contributed by atoms with E-state index in [2.05, 4.69) is 52.1 Å². The molecule has 4 heteroatoms. The van der Waals surface area contributed by atoms with Gasteiger partial charge in [0, 0.05) is 6.61 Å². The van der Waals surface area contributed by atoms with Crippen LogP contribution in [0.5, 0.6) is 0 Å². The highest BCUT2D eigenvalue weighted by Gasteiger charge is 2.58.